The molecule has 0 aromatic carbocycles. The number of aliphatic hydroxyl groups is 1. The first-order chi connectivity index (χ1) is 22.4. The minimum atomic E-state index is -1.24. The van der Waals surface area contributed by atoms with Gasteiger partial charge >= 0.3 is 23.9 Å². The lowest BCUT2D eigenvalue weighted by Gasteiger charge is -2.19. The van der Waals surface area contributed by atoms with E-state index in [-0.39, 0.29) is 30.8 Å². The predicted molar refractivity (Wildman–Crippen MR) is 215 cm³/mol. The van der Waals surface area contributed by atoms with E-state index in [0.29, 0.717) is 50.5 Å². The molecule has 13 heteroatoms. The van der Waals surface area contributed by atoms with Gasteiger partial charge in [-0.15, -0.1) is 48.1 Å². The highest BCUT2D eigenvalue weighted by Gasteiger charge is 2.15. The molecule has 0 aromatic rings. The molecular weight excluding hydrogens is 792 g/mol. The summed E-state index contributed by atoms with van der Waals surface area (Å²) in [5.41, 5.74) is 5.55. The van der Waals surface area contributed by atoms with Gasteiger partial charge in [-0.1, -0.05) is 71.1 Å². The molecule has 0 fully saturated rings. The first kappa shape index (κ1) is 58.7. The van der Waals surface area contributed by atoms with Crippen LogP contribution in [-0.4, -0.2) is 83.3 Å². The standard InChI is InChI=1S/C10H16O2.C9H16O2Si.C6H8O2.C5H10Si.C3H5BrO2.C3H7BrO/c1-5-6-7-8-9(11)12-10(2,3)4;1-12(2,3)8-6-4-5-7-9(10)11;1-2-3-4-5-6(7)8;1-5-6(2,3)4;4-2-1-3(5)6;4-2-1-3-5/h1H,6-8H2,2-4H3;4-5,7H2,1-3H3,(H,10,11);1H,3-5H2,(H,7,8);1H,2-4H3;1-2H2,(H,5,6);5H,1-3H2. The Morgan fingerprint density at radius 2 is 1.04 bits per heavy atom. The topological polar surface area (TPSA) is 158 Å². The number of alkyl halides is 2. The zero-order valence-electron chi connectivity index (χ0n) is 31.2. The van der Waals surface area contributed by atoms with Gasteiger partial charge in [-0.3, -0.25) is 19.2 Å². The third-order valence-corrected chi connectivity index (χ3v) is 6.77. The molecule has 282 valence electrons. The first-order valence-electron chi connectivity index (χ1n) is 15.8. The monoisotopic (exact) mass is 852 g/mol. The van der Waals surface area contributed by atoms with Gasteiger partial charge in [0.2, 0.25) is 0 Å². The van der Waals surface area contributed by atoms with E-state index in [1.54, 1.807) is 0 Å². The Labute approximate surface area is 316 Å². The highest BCUT2D eigenvalue weighted by molar-refractivity contribution is 9.09. The summed E-state index contributed by atoms with van der Waals surface area (Å²) in [6, 6.07) is 0. The zero-order chi connectivity index (χ0) is 40.0. The molecule has 4 N–H and O–H groups in total. The Morgan fingerprint density at radius 1 is 0.653 bits per heavy atom. The summed E-state index contributed by atoms with van der Waals surface area (Å²) in [6.07, 6.45) is 20.8. The summed E-state index contributed by atoms with van der Waals surface area (Å²) in [7, 11) is -2.35. The van der Waals surface area contributed by atoms with Crippen molar-refractivity contribution < 1.29 is 44.3 Å². The van der Waals surface area contributed by atoms with Crippen LogP contribution in [0.15, 0.2) is 0 Å². The second kappa shape index (κ2) is 39.9. The average Bonchev–Trinajstić information content (AvgIpc) is 2.93. The average molecular weight is 855 g/mol. The van der Waals surface area contributed by atoms with E-state index in [4.69, 9.17) is 44.4 Å². The number of hydrogen-bond donors (Lipinski definition) is 4. The fraction of sp³-hybridized carbons (Fsp3) is 0.667. The summed E-state index contributed by atoms with van der Waals surface area (Å²) in [6.45, 7) is 18.8. The number of esters is 1. The quantitative estimate of drug-likeness (QED) is 0.0471. The minimum Gasteiger partial charge on any atom is -0.481 e. The Kier molecular flexibility index (Phi) is 47.8. The van der Waals surface area contributed by atoms with Gasteiger partial charge in [0, 0.05) is 55.8 Å². The fourth-order valence-corrected chi connectivity index (χ4v) is 3.11. The molecule has 0 amide bonds. The molecule has 0 radical (unpaired) electrons. The van der Waals surface area contributed by atoms with Gasteiger partial charge in [-0.2, -0.15) is 0 Å². The summed E-state index contributed by atoms with van der Waals surface area (Å²) in [5, 5.41) is 33.8. The van der Waals surface area contributed by atoms with Crippen LogP contribution in [0, 0.1) is 48.1 Å². The van der Waals surface area contributed by atoms with Crippen molar-refractivity contribution >= 4 is 71.9 Å². The van der Waals surface area contributed by atoms with E-state index in [9.17, 15) is 19.2 Å². The number of rotatable bonds is 13. The highest BCUT2D eigenvalue weighted by Crippen LogP contribution is 2.09. The van der Waals surface area contributed by atoms with Crippen molar-refractivity contribution in [2.45, 2.75) is 136 Å². The maximum Gasteiger partial charge on any atom is 0.306 e. The Balaban J connectivity index is -0.000000117. The number of aliphatic hydroxyl groups excluding tert-OH is 1. The number of aliphatic carboxylic acids is 3. The van der Waals surface area contributed by atoms with Crippen LogP contribution >= 0.6 is 31.9 Å². The van der Waals surface area contributed by atoms with Crippen LogP contribution in [-0.2, 0) is 23.9 Å². The highest BCUT2D eigenvalue weighted by atomic mass is 79.9. The molecular formula is C36H62Br2O9Si2. The van der Waals surface area contributed by atoms with E-state index in [0.717, 1.165) is 18.2 Å². The number of carbonyl (C=O) groups is 4. The third kappa shape index (κ3) is 98.9. The van der Waals surface area contributed by atoms with Crippen molar-refractivity contribution in [3.8, 4) is 48.1 Å². The molecule has 0 bridgehead atoms. The maximum absolute atomic E-state index is 11.0. The van der Waals surface area contributed by atoms with Gasteiger partial charge in [0.1, 0.15) is 21.7 Å². The first-order valence-corrected chi connectivity index (χ1v) is 25.1. The van der Waals surface area contributed by atoms with Crippen LogP contribution in [0.1, 0.15) is 91.4 Å². The van der Waals surface area contributed by atoms with Crippen LogP contribution in [0.2, 0.25) is 39.3 Å². The summed E-state index contributed by atoms with van der Waals surface area (Å²) >= 11 is 6.12. The molecule has 0 saturated carbocycles. The number of ether oxygens (including phenoxy) is 1. The molecule has 0 aliphatic carbocycles. The summed E-state index contributed by atoms with van der Waals surface area (Å²) in [4.78, 5) is 40.5. The van der Waals surface area contributed by atoms with Crippen molar-refractivity contribution in [2.75, 3.05) is 17.3 Å². The largest absolute Gasteiger partial charge is 0.481 e. The van der Waals surface area contributed by atoms with Crippen molar-refractivity contribution in [1.82, 2.24) is 0 Å². The lowest BCUT2D eigenvalue weighted by Crippen LogP contribution is -2.23. The van der Waals surface area contributed by atoms with Gasteiger partial charge in [0.05, 0.1) is 6.42 Å². The molecule has 0 aliphatic heterocycles. The molecule has 49 heavy (non-hydrogen) atoms. The second-order valence-corrected chi connectivity index (χ2v) is 24.0. The SMILES string of the molecule is C#CCCCC(=O)O.C#CCCCC(=O)OC(C)(C)C.C#C[Si](C)(C)C.C[Si](C)(C)C#CCCCC(=O)O.O=C(O)CCBr.OCCCBr. The van der Waals surface area contributed by atoms with Crippen LogP contribution < -0.4 is 0 Å². The van der Waals surface area contributed by atoms with Crippen molar-refractivity contribution in [2.24, 2.45) is 0 Å². The van der Waals surface area contributed by atoms with E-state index < -0.39 is 34.1 Å². The molecule has 0 heterocycles. The van der Waals surface area contributed by atoms with E-state index >= 15 is 0 Å². The third-order valence-electron chi connectivity index (χ3n) is 4.02. The van der Waals surface area contributed by atoms with Crippen LogP contribution in [0.25, 0.3) is 0 Å². The maximum atomic E-state index is 11.0. The number of carboxylic acid groups (broad SMARTS) is 3. The molecule has 0 saturated heterocycles. The van der Waals surface area contributed by atoms with Gasteiger partial charge in [0.25, 0.3) is 0 Å². The number of hydrogen-bond acceptors (Lipinski definition) is 6. The molecule has 9 nitrogen and oxygen atoms in total. The Hall–Kier alpha value is -2.53. The van der Waals surface area contributed by atoms with E-state index in [2.05, 4.69) is 100.0 Å². The zero-order valence-corrected chi connectivity index (χ0v) is 36.4. The van der Waals surface area contributed by atoms with E-state index in [1.165, 1.54) is 0 Å². The number of terminal acetylenes is 3. The van der Waals surface area contributed by atoms with Gasteiger partial charge in [-0.25, -0.2) is 0 Å². The van der Waals surface area contributed by atoms with Crippen LogP contribution in [0.3, 0.4) is 0 Å². The second-order valence-electron chi connectivity index (χ2n) is 12.9. The summed E-state index contributed by atoms with van der Waals surface area (Å²) < 4.78 is 5.08. The van der Waals surface area contributed by atoms with E-state index in [1.807, 2.05) is 20.8 Å². The minimum absolute atomic E-state index is 0.169. The number of carbonyl (C=O) groups excluding carboxylic acids is 1. The fourth-order valence-electron chi connectivity index (χ4n) is 1.87. The van der Waals surface area contributed by atoms with Crippen molar-refractivity contribution in [1.29, 1.82) is 0 Å². The van der Waals surface area contributed by atoms with Crippen LogP contribution in [0.5, 0.6) is 0 Å². The molecule has 0 aromatic heterocycles. The molecule has 0 rings (SSSR count). The Bertz CT molecular complexity index is 1040. The number of halogens is 2. The molecule has 0 spiro atoms. The Morgan fingerprint density at radius 3 is 1.27 bits per heavy atom. The predicted octanol–water partition coefficient (Wildman–Crippen LogP) is 8.24. The van der Waals surface area contributed by atoms with Gasteiger partial charge in [-0.05, 0) is 46.5 Å². The molecule has 0 unspecified atom stereocenters. The molecule has 0 atom stereocenters. The smallest absolute Gasteiger partial charge is 0.306 e. The number of carboxylic acids is 3. The lowest BCUT2D eigenvalue weighted by molar-refractivity contribution is -0.155. The van der Waals surface area contributed by atoms with Crippen molar-refractivity contribution in [3.05, 3.63) is 0 Å². The van der Waals surface area contributed by atoms with Crippen LogP contribution in [0.4, 0.5) is 0 Å². The number of unbranched alkanes of at least 4 members (excludes halogenated alkanes) is 3. The van der Waals surface area contributed by atoms with Gasteiger partial charge in [0.15, 0.2) is 0 Å². The van der Waals surface area contributed by atoms with Crippen molar-refractivity contribution in [3.63, 3.8) is 0 Å². The lowest BCUT2D eigenvalue weighted by atomic mass is 10.2. The normalized spacial score (nSPS) is 9.49. The summed E-state index contributed by atoms with van der Waals surface area (Å²) in [5.74, 6) is 5.43. The van der Waals surface area contributed by atoms with Gasteiger partial charge < -0.3 is 25.2 Å². The molecule has 0 aliphatic rings.